The summed E-state index contributed by atoms with van der Waals surface area (Å²) in [6.45, 7) is 2.16. The predicted molar refractivity (Wildman–Crippen MR) is 78.2 cm³/mol. The van der Waals surface area contributed by atoms with Crippen molar-refractivity contribution in [1.29, 1.82) is 0 Å². The van der Waals surface area contributed by atoms with Crippen LogP contribution < -0.4 is 10.6 Å². The number of nitrogens with one attached hydrogen (secondary N) is 2. The Bertz CT molecular complexity index is 657. The van der Waals surface area contributed by atoms with Crippen molar-refractivity contribution in [2.75, 3.05) is 6.54 Å². The molecule has 1 aromatic carbocycles. The molecule has 22 heavy (non-hydrogen) atoms. The summed E-state index contributed by atoms with van der Waals surface area (Å²) in [6, 6.07) is 4.66. The third kappa shape index (κ3) is 4.03. The van der Waals surface area contributed by atoms with E-state index in [9.17, 15) is 13.6 Å². The molecule has 1 heterocycles. The Hall–Kier alpha value is -2.44. The smallest absolute Gasteiger partial charge is 0.315 e. The first-order chi connectivity index (χ1) is 10.5. The molecule has 118 valence electrons. The highest BCUT2D eigenvalue weighted by Gasteiger charge is 2.11. The summed E-state index contributed by atoms with van der Waals surface area (Å²) in [5.74, 6) is -1.83. The number of carbonyl (C=O) groups excluding carboxylic acids is 1. The molecular weight excluding hydrogens is 290 g/mol. The first kappa shape index (κ1) is 15.9. The van der Waals surface area contributed by atoms with Crippen molar-refractivity contribution in [3.63, 3.8) is 0 Å². The van der Waals surface area contributed by atoms with Gasteiger partial charge in [-0.25, -0.2) is 13.6 Å². The number of aryl methyl sites for hydroxylation is 1. The molecule has 1 atom stereocenters. The van der Waals surface area contributed by atoms with Crippen LogP contribution in [0.5, 0.6) is 0 Å². The largest absolute Gasteiger partial charge is 0.338 e. The maximum absolute atomic E-state index is 13.2. The minimum Gasteiger partial charge on any atom is -0.338 e. The van der Waals surface area contributed by atoms with Crippen LogP contribution >= 0.6 is 0 Å². The fourth-order valence-electron chi connectivity index (χ4n) is 2.06. The molecule has 0 saturated heterocycles. The number of nitrogens with zero attached hydrogens (tertiary/aromatic N) is 2. The first-order valence-electron chi connectivity index (χ1n) is 6.93. The van der Waals surface area contributed by atoms with Crippen molar-refractivity contribution >= 4 is 6.03 Å². The average molecular weight is 308 g/mol. The van der Waals surface area contributed by atoms with Gasteiger partial charge in [-0.15, -0.1) is 0 Å². The Labute approximate surface area is 127 Å². The molecule has 2 aromatic rings. The number of benzene rings is 1. The van der Waals surface area contributed by atoms with Gasteiger partial charge in [-0.1, -0.05) is 6.07 Å². The van der Waals surface area contributed by atoms with Crippen molar-refractivity contribution in [2.24, 2.45) is 7.05 Å². The van der Waals surface area contributed by atoms with Crippen LogP contribution in [0.25, 0.3) is 0 Å². The molecule has 7 heteroatoms. The van der Waals surface area contributed by atoms with E-state index >= 15 is 0 Å². The van der Waals surface area contributed by atoms with Crippen LogP contribution in [-0.2, 0) is 13.5 Å². The Morgan fingerprint density at radius 1 is 1.32 bits per heavy atom. The lowest BCUT2D eigenvalue weighted by molar-refractivity contribution is 0.238. The quantitative estimate of drug-likeness (QED) is 0.890. The third-order valence-corrected chi connectivity index (χ3v) is 3.38. The van der Waals surface area contributed by atoms with E-state index in [0.29, 0.717) is 18.5 Å². The molecular formula is C15H18F2N4O. The van der Waals surface area contributed by atoms with Crippen molar-refractivity contribution < 1.29 is 13.6 Å². The molecule has 0 spiro atoms. The Kier molecular flexibility index (Phi) is 5.08. The van der Waals surface area contributed by atoms with Crippen molar-refractivity contribution in [2.45, 2.75) is 19.4 Å². The maximum Gasteiger partial charge on any atom is 0.315 e. The van der Waals surface area contributed by atoms with Gasteiger partial charge in [0, 0.05) is 31.9 Å². The average Bonchev–Trinajstić information content (AvgIpc) is 2.87. The molecule has 1 aromatic heterocycles. The molecule has 0 aliphatic heterocycles. The number of hydrogen-bond acceptors (Lipinski definition) is 2. The second kappa shape index (κ2) is 7.02. The number of amides is 2. The molecule has 2 N–H and O–H groups in total. The fraction of sp³-hybridized carbons (Fsp3) is 0.333. The highest BCUT2D eigenvalue weighted by Crippen LogP contribution is 2.15. The molecule has 2 amide bonds. The van der Waals surface area contributed by atoms with Crippen LogP contribution in [0.1, 0.15) is 24.2 Å². The van der Waals surface area contributed by atoms with Gasteiger partial charge in [-0.2, -0.15) is 5.10 Å². The number of aromatic nitrogens is 2. The van der Waals surface area contributed by atoms with Gasteiger partial charge in [0.2, 0.25) is 0 Å². The molecule has 0 aliphatic carbocycles. The zero-order valence-electron chi connectivity index (χ0n) is 12.4. The molecule has 0 unspecified atom stereocenters. The van der Waals surface area contributed by atoms with Crippen LogP contribution in [-0.4, -0.2) is 22.4 Å². The zero-order chi connectivity index (χ0) is 16.1. The highest BCUT2D eigenvalue weighted by atomic mass is 19.2. The normalized spacial score (nSPS) is 12.0. The van der Waals surface area contributed by atoms with Gasteiger partial charge >= 0.3 is 6.03 Å². The van der Waals surface area contributed by atoms with E-state index in [1.807, 2.05) is 13.1 Å². The minimum atomic E-state index is -0.928. The standard InChI is InChI=1S/C15H18F2N4O/c1-10(11-3-4-13(16)14(17)9-11)20-15(22)18-7-5-12-6-8-19-21(12)2/h3-4,6,8-10H,5,7H2,1-2H3,(H2,18,20,22)/t10-/m0/s1. The van der Waals surface area contributed by atoms with Gasteiger partial charge in [0.1, 0.15) is 0 Å². The van der Waals surface area contributed by atoms with E-state index < -0.39 is 17.7 Å². The second-order valence-electron chi connectivity index (χ2n) is 4.99. The van der Waals surface area contributed by atoms with E-state index in [-0.39, 0.29) is 6.03 Å². The van der Waals surface area contributed by atoms with Crippen molar-refractivity contribution in [1.82, 2.24) is 20.4 Å². The summed E-state index contributed by atoms with van der Waals surface area (Å²) >= 11 is 0. The van der Waals surface area contributed by atoms with Crippen molar-refractivity contribution in [3.8, 4) is 0 Å². The molecule has 2 rings (SSSR count). The fourth-order valence-corrected chi connectivity index (χ4v) is 2.06. The van der Waals surface area contributed by atoms with Crippen LogP contribution in [0.4, 0.5) is 13.6 Å². The summed E-state index contributed by atoms with van der Waals surface area (Å²) in [5, 5.41) is 9.43. The number of carbonyl (C=O) groups is 1. The Morgan fingerprint density at radius 3 is 2.73 bits per heavy atom. The number of rotatable bonds is 5. The zero-order valence-corrected chi connectivity index (χ0v) is 12.4. The molecule has 0 fully saturated rings. The van der Waals surface area contributed by atoms with Gasteiger partial charge in [0.25, 0.3) is 0 Å². The highest BCUT2D eigenvalue weighted by molar-refractivity contribution is 5.74. The lowest BCUT2D eigenvalue weighted by Gasteiger charge is -2.15. The van der Waals surface area contributed by atoms with E-state index in [1.54, 1.807) is 17.8 Å². The van der Waals surface area contributed by atoms with Crippen LogP contribution in [0.2, 0.25) is 0 Å². The predicted octanol–water partition coefficient (Wildman–Crippen LogP) is 2.30. The van der Waals surface area contributed by atoms with Crippen molar-refractivity contribution in [3.05, 3.63) is 53.4 Å². The minimum absolute atomic E-state index is 0.362. The molecule has 5 nitrogen and oxygen atoms in total. The maximum atomic E-state index is 13.2. The van der Waals surface area contributed by atoms with Gasteiger partial charge < -0.3 is 10.6 Å². The SMILES string of the molecule is C[C@H](NC(=O)NCCc1ccnn1C)c1ccc(F)c(F)c1. The second-order valence-corrected chi connectivity index (χ2v) is 4.99. The van der Waals surface area contributed by atoms with Crippen LogP contribution in [0, 0.1) is 11.6 Å². The van der Waals surface area contributed by atoms with E-state index in [4.69, 9.17) is 0 Å². The molecule has 0 aliphatic rings. The lowest BCUT2D eigenvalue weighted by atomic mass is 10.1. The molecule has 0 bridgehead atoms. The van der Waals surface area contributed by atoms with Gasteiger partial charge in [-0.3, -0.25) is 4.68 Å². The first-order valence-corrected chi connectivity index (χ1v) is 6.93. The van der Waals surface area contributed by atoms with Gasteiger partial charge in [0.05, 0.1) is 6.04 Å². The summed E-state index contributed by atoms with van der Waals surface area (Å²) in [7, 11) is 1.83. The summed E-state index contributed by atoms with van der Waals surface area (Å²) in [6.07, 6.45) is 2.35. The Morgan fingerprint density at radius 2 is 2.09 bits per heavy atom. The Balaban J connectivity index is 1.81. The van der Waals surface area contributed by atoms with E-state index in [1.165, 1.54) is 6.07 Å². The van der Waals surface area contributed by atoms with Crippen LogP contribution in [0.15, 0.2) is 30.5 Å². The van der Waals surface area contributed by atoms with E-state index in [2.05, 4.69) is 15.7 Å². The van der Waals surface area contributed by atoms with Crippen LogP contribution in [0.3, 0.4) is 0 Å². The number of halogens is 2. The number of urea groups is 1. The van der Waals surface area contributed by atoms with Gasteiger partial charge in [-0.05, 0) is 30.7 Å². The molecule has 0 saturated carbocycles. The monoisotopic (exact) mass is 308 g/mol. The lowest BCUT2D eigenvalue weighted by Crippen LogP contribution is -2.38. The summed E-state index contributed by atoms with van der Waals surface area (Å²) in [4.78, 5) is 11.8. The molecule has 0 radical (unpaired) electrons. The summed E-state index contributed by atoms with van der Waals surface area (Å²) in [5.41, 5.74) is 1.51. The topological polar surface area (TPSA) is 59.0 Å². The van der Waals surface area contributed by atoms with Gasteiger partial charge in [0.15, 0.2) is 11.6 Å². The third-order valence-electron chi connectivity index (χ3n) is 3.38. The summed E-state index contributed by atoms with van der Waals surface area (Å²) < 4.78 is 27.8. The number of hydrogen-bond donors (Lipinski definition) is 2. The van der Waals surface area contributed by atoms with E-state index in [0.717, 1.165) is 17.8 Å².